The molecule has 8 heteroatoms. The van der Waals surface area contributed by atoms with Gasteiger partial charge >= 0.3 is 10.1 Å². The minimum atomic E-state index is -3.56. The van der Waals surface area contributed by atoms with Crippen LogP contribution < -0.4 is 15.2 Å². The van der Waals surface area contributed by atoms with E-state index in [1.807, 2.05) is 24.3 Å². The fourth-order valence-corrected chi connectivity index (χ4v) is 4.25. The van der Waals surface area contributed by atoms with Crippen LogP contribution in [0.1, 0.15) is 37.7 Å². The van der Waals surface area contributed by atoms with E-state index < -0.39 is 21.7 Å². The molecule has 1 aliphatic carbocycles. The number of nitrogens with one attached hydrogen (secondary N) is 1. The Bertz CT molecular complexity index is 1050. The minimum Gasteiger partial charge on any atom is -0.383 e. The number of carbonyl (C=O) groups is 1. The number of nitriles is 1. The third-order valence-electron chi connectivity index (χ3n) is 5.49. The van der Waals surface area contributed by atoms with Crippen LogP contribution >= 0.6 is 0 Å². The Hall–Kier alpha value is -2.89. The topological polar surface area (TPSA) is 122 Å². The summed E-state index contributed by atoms with van der Waals surface area (Å²) in [5.41, 5.74) is 8.15. The quantitative estimate of drug-likeness (QED) is 0.637. The van der Waals surface area contributed by atoms with Crippen LogP contribution in [0.15, 0.2) is 48.5 Å². The second-order valence-corrected chi connectivity index (χ2v) is 9.66. The van der Waals surface area contributed by atoms with Gasteiger partial charge in [0.05, 0.1) is 17.9 Å². The maximum Gasteiger partial charge on any atom is 0.306 e. The molecule has 31 heavy (non-hydrogen) atoms. The Morgan fingerprint density at radius 3 is 2.16 bits per heavy atom. The molecule has 0 radical (unpaired) electrons. The van der Waals surface area contributed by atoms with Gasteiger partial charge in [-0.15, -0.1) is 0 Å². The summed E-state index contributed by atoms with van der Waals surface area (Å²) < 4.78 is 27.3. The number of hydrogen-bond acceptors (Lipinski definition) is 6. The van der Waals surface area contributed by atoms with Crippen molar-refractivity contribution in [3.05, 3.63) is 54.1 Å². The van der Waals surface area contributed by atoms with Gasteiger partial charge in [0.15, 0.2) is 0 Å². The lowest BCUT2D eigenvalue weighted by Crippen LogP contribution is -2.57. The lowest BCUT2D eigenvalue weighted by Gasteiger charge is -2.32. The van der Waals surface area contributed by atoms with E-state index in [0.29, 0.717) is 19.3 Å². The molecule has 1 saturated carbocycles. The van der Waals surface area contributed by atoms with Crippen LogP contribution in [0.2, 0.25) is 0 Å². The fourth-order valence-electron chi connectivity index (χ4n) is 3.79. The zero-order valence-electron chi connectivity index (χ0n) is 17.5. The van der Waals surface area contributed by atoms with Crippen molar-refractivity contribution in [1.82, 2.24) is 5.32 Å². The molecule has 3 rings (SSSR count). The largest absolute Gasteiger partial charge is 0.383 e. The number of hydrogen-bond donors (Lipinski definition) is 2. The van der Waals surface area contributed by atoms with Crippen molar-refractivity contribution in [2.45, 2.75) is 50.1 Å². The van der Waals surface area contributed by atoms with Crippen molar-refractivity contribution in [2.24, 2.45) is 5.73 Å². The average Bonchev–Trinajstić information content (AvgIpc) is 2.74. The molecule has 164 valence electrons. The molecule has 1 unspecified atom stereocenters. The van der Waals surface area contributed by atoms with Crippen molar-refractivity contribution < 1.29 is 17.4 Å². The van der Waals surface area contributed by atoms with Gasteiger partial charge in [0.25, 0.3) is 0 Å². The van der Waals surface area contributed by atoms with E-state index in [1.54, 1.807) is 24.3 Å². The van der Waals surface area contributed by atoms with E-state index in [2.05, 4.69) is 11.4 Å². The Labute approximate surface area is 183 Å². The van der Waals surface area contributed by atoms with Crippen LogP contribution in [-0.2, 0) is 21.3 Å². The normalized spacial score (nSPS) is 16.7. The number of nitrogens with two attached hydrogens (primary N) is 1. The van der Waals surface area contributed by atoms with Crippen molar-refractivity contribution >= 4 is 16.0 Å². The highest BCUT2D eigenvalue weighted by molar-refractivity contribution is 7.86. The highest BCUT2D eigenvalue weighted by Gasteiger charge is 2.36. The van der Waals surface area contributed by atoms with E-state index >= 15 is 0 Å². The second kappa shape index (κ2) is 9.50. The van der Waals surface area contributed by atoms with Gasteiger partial charge in [-0.1, -0.05) is 55.7 Å². The maximum absolute atomic E-state index is 12.6. The molecule has 0 heterocycles. The van der Waals surface area contributed by atoms with Gasteiger partial charge in [-0.2, -0.15) is 13.7 Å². The van der Waals surface area contributed by atoms with Crippen LogP contribution in [0.4, 0.5) is 0 Å². The second-order valence-electron chi connectivity index (χ2n) is 8.08. The summed E-state index contributed by atoms with van der Waals surface area (Å²) in [5.74, 6) is 0.0119. The number of rotatable bonds is 7. The molecule has 1 amide bonds. The standard InChI is InChI=1S/C23H27N3O4S/c1-31(28,29)30-21-11-9-19(10-12-21)18-7-5-17(6-8-18)15-20(16-24)26-22(27)23(25)13-3-2-4-14-23/h5-12,20H,2-4,13-15,25H2,1H3,(H,26,27). The van der Waals surface area contributed by atoms with Crippen LogP contribution in [0, 0.1) is 11.3 Å². The summed E-state index contributed by atoms with van der Waals surface area (Å²) >= 11 is 0. The van der Waals surface area contributed by atoms with E-state index in [0.717, 1.165) is 42.2 Å². The Balaban J connectivity index is 1.62. The zero-order chi connectivity index (χ0) is 22.5. The fraction of sp³-hybridized carbons (Fsp3) is 0.391. The summed E-state index contributed by atoms with van der Waals surface area (Å²) in [5, 5.41) is 12.3. The molecule has 1 aliphatic rings. The highest BCUT2D eigenvalue weighted by atomic mass is 32.2. The smallest absolute Gasteiger partial charge is 0.306 e. The molecular weight excluding hydrogens is 414 g/mol. The third kappa shape index (κ3) is 6.29. The van der Waals surface area contributed by atoms with Gasteiger partial charge in [0.1, 0.15) is 11.8 Å². The van der Waals surface area contributed by atoms with Gasteiger partial charge < -0.3 is 15.2 Å². The minimum absolute atomic E-state index is 0.244. The third-order valence-corrected chi connectivity index (χ3v) is 5.98. The van der Waals surface area contributed by atoms with Gasteiger partial charge in [-0.3, -0.25) is 4.79 Å². The number of nitrogens with zero attached hydrogens (tertiary/aromatic N) is 1. The van der Waals surface area contributed by atoms with E-state index in [4.69, 9.17) is 9.92 Å². The Morgan fingerprint density at radius 1 is 1.10 bits per heavy atom. The molecule has 2 aromatic carbocycles. The number of amides is 1. The van der Waals surface area contributed by atoms with Crippen molar-refractivity contribution in [2.75, 3.05) is 6.26 Å². The number of benzene rings is 2. The van der Waals surface area contributed by atoms with Crippen LogP contribution in [0.5, 0.6) is 5.75 Å². The highest BCUT2D eigenvalue weighted by Crippen LogP contribution is 2.26. The molecule has 2 aromatic rings. The first kappa shape index (κ1) is 22.8. The van der Waals surface area contributed by atoms with Gasteiger partial charge in [-0.25, -0.2) is 0 Å². The van der Waals surface area contributed by atoms with Gasteiger partial charge in [0.2, 0.25) is 5.91 Å². The lowest BCUT2D eigenvalue weighted by atomic mass is 9.81. The van der Waals surface area contributed by atoms with E-state index in [1.165, 1.54) is 0 Å². The van der Waals surface area contributed by atoms with Gasteiger partial charge in [0, 0.05) is 6.42 Å². The first-order chi connectivity index (χ1) is 14.7. The molecule has 3 N–H and O–H groups in total. The molecule has 1 atom stereocenters. The zero-order valence-corrected chi connectivity index (χ0v) is 18.3. The molecule has 0 aromatic heterocycles. The van der Waals surface area contributed by atoms with E-state index in [9.17, 15) is 18.5 Å². The Morgan fingerprint density at radius 2 is 1.65 bits per heavy atom. The van der Waals surface area contributed by atoms with Crippen LogP contribution in [0.25, 0.3) is 11.1 Å². The molecule has 7 nitrogen and oxygen atoms in total. The van der Waals surface area contributed by atoms with Crippen LogP contribution in [0.3, 0.4) is 0 Å². The molecular formula is C23H27N3O4S. The maximum atomic E-state index is 12.6. The summed E-state index contributed by atoms with van der Waals surface area (Å²) in [4.78, 5) is 12.6. The molecule has 0 bridgehead atoms. The lowest BCUT2D eigenvalue weighted by molar-refractivity contribution is -0.127. The van der Waals surface area contributed by atoms with Crippen molar-refractivity contribution in [3.8, 4) is 22.9 Å². The van der Waals surface area contributed by atoms with Crippen LogP contribution in [-0.4, -0.2) is 32.2 Å². The van der Waals surface area contributed by atoms with E-state index in [-0.39, 0.29) is 11.7 Å². The molecule has 0 saturated heterocycles. The average molecular weight is 442 g/mol. The first-order valence-corrected chi connectivity index (χ1v) is 12.1. The summed E-state index contributed by atoms with van der Waals surface area (Å²) in [7, 11) is -3.56. The predicted octanol–water partition coefficient (Wildman–Crippen LogP) is 2.90. The SMILES string of the molecule is CS(=O)(=O)Oc1ccc(-c2ccc(CC(C#N)NC(=O)C3(N)CCCCC3)cc2)cc1. The Kier molecular flexibility index (Phi) is 6.98. The molecule has 0 aliphatic heterocycles. The summed E-state index contributed by atoms with van der Waals surface area (Å²) in [6, 6.07) is 15.9. The predicted molar refractivity (Wildman–Crippen MR) is 119 cm³/mol. The number of carbonyl (C=O) groups excluding carboxylic acids is 1. The molecule has 1 fully saturated rings. The summed E-state index contributed by atoms with van der Waals surface area (Å²) in [6.45, 7) is 0. The van der Waals surface area contributed by atoms with Gasteiger partial charge in [-0.05, 0) is 41.7 Å². The van der Waals surface area contributed by atoms with Crippen molar-refractivity contribution in [1.29, 1.82) is 5.26 Å². The summed E-state index contributed by atoms with van der Waals surface area (Å²) in [6.07, 6.45) is 5.65. The van der Waals surface area contributed by atoms with Crippen molar-refractivity contribution in [3.63, 3.8) is 0 Å². The molecule has 0 spiro atoms. The monoisotopic (exact) mass is 441 g/mol. The first-order valence-electron chi connectivity index (χ1n) is 10.3.